The molecule has 0 saturated carbocycles. The number of alkyl halides is 3. The molecule has 1 aromatic carbocycles. The van der Waals surface area contributed by atoms with Crippen LogP contribution >= 0.6 is 0 Å². The number of nitrogens with zero attached hydrogens (tertiary/aromatic N) is 4. The molecule has 1 saturated heterocycles. The van der Waals surface area contributed by atoms with Crippen LogP contribution in [0.15, 0.2) is 53.5 Å². The largest absolute Gasteiger partial charge is 0.473 e. The van der Waals surface area contributed by atoms with Crippen molar-refractivity contribution in [2.24, 2.45) is 4.99 Å². The van der Waals surface area contributed by atoms with E-state index in [1.807, 2.05) is 13.1 Å². The van der Waals surface area contributed by atoms with Crippen molar-refractivity contribution in [2.45, 2.75) is 32.2 Å². The van der Waals surface area contributed by atoms with Gasteiger partial charge in [0.15, 0.2) is 11.6 Å². The van der Waals surface area contributed by atoms with Gasteiger partial charge in [-0.15, -0.1) is 0 Å². The van der Waals surface area contributed by atoms with Gasteiger partial charge < -0.3 is 19.3 Å². The minimum absolute atomic E-state index is 0.0875. The minimum atomic E-state index is -4.56. The van der Waals surface area contributed by atoms with Gasteiger partial charge in [-0.2, -0.15) is 13.2 Å². The fraction of sp³-hybridized carbons (Fsp3) is 0.364. The molecule has 10 heteroatoms. The van der Waals surface area contributed by atoms with E-state index in [-0.39, 0.29) is 18.1 Å². The molecule has 0 radical (unpaired) electrons. The third-order valence-electron chi connectivity index (χ3n) is 5.46. The van der Waals surface area contributed by atoms with Gasteiger partial charge in [0.2, 0.25) is 5.90 Å². The molecule has 0 amide bonds. The maximum absolute atomic E-state index is 14.5. The van der Waals surface area contributed by atoms with Crippen LogP contribution < -0.4 is 4.74 Å². The van der Waals surface area contributed by atoms with Crippen molar-refractivity contribution in [3.63, 3.8) is 0 Å². The summed E-state index contributed by atoms with van der Waals surface area (Å²) in [5, 5.41) is 0. The molecule has 32 heavy (non-hydrogen) atoms. The molecule has 0 aliphatic carbocycles. The summed E-state index contributed by atoms with van der Waals surface area (Å²) in [6.45, 7) is 3.68. The number of hydrogen-bond acceptors (Lipinski definition) is 6. The van der Waals surface area contributed by atoms with Gasteiger partial charge in [0.05, 0.1) is 11.8 Å². The molecule has 2 aliphatic rings. The van der Waals surface area contributed by atoms with E-state index in [1.54, 1.807) is 6.07 Å². The number of ether oxygens (including phenoxy) is 2. The SMILES string of the molecule is C[C@@H]1CCN2CN=C(OCc3ccc(Oc4cncc(C(F)(F)F)c4)c(F)c3)C=C2N1C. The molecule has 1 fully saturated rings. The zero-order valence-corrected chi connectivity index (χ0v) is 17.6. The first kappa shape index (κ1) is 21.9. The monoisotopic (exact) mass is 450 g/mol. The average molecular weight is 450 g/mol. The van der Waals surface area contributed by atoms with Crippen molar-refractivity contribution in [3.05, 3.63) is 65.5 Å². The highest BCUT2D eigenvalue weighted by molar-refractivity contribution is 5.88. The first-order valence-corrected chi connectivity index (χ1v) is 10.1. The van der Waals surface area contributed by atoms with Crippen LogP contribution in [0.3, 0.4) is 0 Å². The van der Waals surface area contributed by atoms with Crippen molar-refractivity contribution in [1.82, 2.24) is 14.8 Å². The van der Waals surface area contributed by atoms with Gasteiger partial charge in [-0.1, -0.05) is 6.07 Å². The van der Waals surface area contributed by atoms with E-state index in [4.69, 9.17) is 9.47 Å². The maximum atomic E-state index is 14.5. The van der Waals surface area contributed by atoms with Gasteiger partial charge in [0.25, 0.3) is 0 Å². The lowest BCUT2D eigenvalue weighted by Gasteiger charge is -2.43. The van der Waals surface area contributed by atoms with Gasteiger partial charge in [0, 0.05) is 31.9 Å². The van der Waals surface area contributed by atoms with Crippen molar-refractivity contribution >= 4 is 5.90 Å². The zero-order valence-electron chi connectivity index (χ0n) is 17.6. The summed E-state index contributed by atoms with van der Waals surface area (Å²) < 4.78 is 63.9. The van der Waals surface area contributed by atoms with Gasteiger partial charge in [-0.05, 0) is 37.1 Å². The molecule has 0 unspecified atom stereocenters. The first-order valence-electron chi connectivity index (χ1n) is 10.1. The number of fused-ring (bicyclic) bond motifs is 1. The zero-order chi connectivity index (χ0) is 22.9. The van der Waals surface area contributed by atoms with Crippen molar-refractivity contribution in [3.8, 4) is 11.5 Å². The number of aromatic nitrogens is 1. The summed E-state index contributed by atoms with van der Waals surface area (Å²) in [5.41, 5.74) is -0.440. The lowest BCUT2D eigenvalue weighted by Crippen LogP contribution is -2.47. The van der Waals surface area contributed by atoms with Gasteiger partial charge in [-0.25, -0.2) is 9.38 Å². The van der Waals surface area contributed by atoms with Crippen LogP contribution in [0.5, 0.6) is 11.5 Å². The summed E-state index contributed by atoms with van der Waals surface area (Å²) in [7, 11) is 2.03. The molecular weight excluding hydrogens is 428 g/mol. The molecule has 4 rings (SSSR count). The third-order valence-corrected chi connectivity index (χ3v) is 5.46. The highest BCUT2D eigenvalue weighted by Crippen LogP contribution is 2.32. The normalized spacial score (nSPS) is 18.6. The first-order chi connectivity index (χ1) is 15.2. The van der Waals surface area contributed by atoms with Crippen molar-refractivity contribution in [1.29, 1.82) is 0 Å². The lowest BCUT2D eigenvalue weighted by atomic mass is 10.1. The summed E-state index contributed by atoms with van der Waals surface area (Å²) in [6, 6.07) is 5.33. The highest BCUT2D eigenvalue weighted by Gasteiger charge is 2.31. The second kappa shape index (κ2) is 8.68. The Kier molecular flexibility index (Phi) is 5.94. The summed E-state index contributed by atoms with van der Waals surface area (Å²) in [4.78, 5) is 12.3. The van der Waals surface area contributed by atoms with Crippen LogP contribution in [0.25, 0.3) is 0 Å². The van der Waals surface area contributed by atoms with E-state index in [0.717, 1.165) is 31.0 Å². The van der Waals surface area contributed by atoms with E-state index >= 15 is 0 Å². The standard InChI is InChI=1S/C22H22F4N4O2/c1-14-5-6-30-13-28-20(9-21(30)29(14)2)31-12-15-3-4-19(18(23)7-15)32-17-8-16(10-27-11-17)22(24,25)26/h3-4,7-11,14H,5-6,12-13H2,1-2H3/t14-/m1/s1. The molecule has 0 spiro atoms. The number of aliphatic imine (C=N–C) groups is 1. The Morgan fingerprint density at radius 1 is 1.19 bits per heavy atom. The van der Waals surface area contributed by atoms with E-state index < -0.39 is 17.6 Å². The number of benzene rings is 1. The summed E-state index contributed by atoms with van der Waals surface area (Å²) in [6.07, 6.45) is 0.132. The average Bonchev–Trinajstić information content (AvgIpc) is 2.76. The number of halogens is 4. The Morgan fingerprint density at radius 2 is 2.00 bits per heavy atom. The van der Waals surface area contributed by atoms with E-state index in [1.165, 1.54) is 12.1 Å². The van der Waals surface area contributed by atoms with Crippen LogP contribution in [0.1, 0.15) is 24.5 Å². The van der Waals surface area contributed by atoms with Gasteiger partial charge in [-0.3, -0.25) is 4.98 Å². The third kappa shape index (κ3) is 4.79. The predicted molar refractivity (Wildman–Crippen MR) is 109 cm³/mol. The van der Waals surface area contributed by atoms with E-state index in [0.29, 0.717) is 30.4 Å². The molecule has 2 aromatic rings. The smallest absolute Gasteiger partial charge is 0.418 e. The quantitative estimate of drug-likeness (QED) is 0.628. The molecule has 1 atom stereocenters. The molecule has 170 valence electrons. The topological polar surface area (TPSA) is 50.2 Å². The Balaban J connectivity index is 1.40. The van der Waals surface area contributed by atoms with Gasteiger partial charge in [0.1, 0.15) is 24.8 Å². The van der Waals surface area contributed by atoms with Gasteiger partial charge >= 0.3 is 6.18 Å². The highest BCUT2D eigenvalue weighted by atomic mass is 19.4. The van der Waals surface area contributed by atoms with E-state index in [2.05, 4.69) is 26.7 Å². The Labute approximate surface area is 182 Å². The van der Waals surface area contributed by atoms with Crippen LogP contribution in [0, 0.1) is 5.82 Å². The fourth-order valence-electron chi connectivity index (χ4n) is 3.47. The fourth-order valence-corrected chi connectivity index (χ4v) is 3.47. The number of hydrogen-bond donors (Lipinski definition) is 0. The molecule has 0 bridgehead atoms. The number of pyridine rings is 1. The predicted octanol–water partition coefficient (Wildman–Crippen LogP) is 4.79. The summed E-state index contributed by atoms with van der Waals surface area (Å²) >= 11 is 0. The van der Waals surface area contributed by atoms with Crippen LogP contribution in [0.4, 0.5) is 17.6 Å². The second-order valence-electron chi connectivity index (χ2n) is 7.71. The molecule has 1 aromatic heterocycles. The Hall–Kier alpha value is -3.30. The Morgan fingerprint density at radius 3 is 2.75 bits per heavy atom. The Bertz CT molecular complexity index is 1050. The van der Waals surface area contributed by atoms with Crippen LogP contribution in [0.2, 0.25) is 0 Å². The summed E-state index contributed by atoms with van der Waals surface area (Å²) in [5.74, 6) is 0.368. The molecule has 2 aliphatic heterocycles. The molecular formula is C22H22F4N4O2. The lowest BCUT2D eigenvalue weighted by molar-refractivity contribution is -0.137. The number of rotatable bonds is 4. The second-order valence-corrected chi connectivity index (χ2v) is 7.71. The van der Waals surface area contributed by atoms with E-state index in [9.17, 15) is 17.6 Å². The maximum Gasteiger partial charge on any atom is 0.418 e. The van der Waals surface area contributed by atoms with Crippen LogP contribution in [-0.2, 0) is 17.5 Å². The molecule has 0 N–H and O–H groups in total. The van der Waals surface area contributed by atoms with Crippen LogP contribution in [-0.4, -0.2) is 47.0 Å². The van der Waals surface area contributed by atoms with Crippen molar-refractivity contribution in [2.75, 3.05) is 20.3 Å². The van der Waals surface area contributed by atoms with Crippen molar-refractivity contribution < 1.29 is 27.0 Å². The molecule has 6 nitrogen and oxygen atoms in total. The molecule has 3 heterocycles. The minimum Gasteiger partial charge on any atom is -0.473 e.